The molecule has 0 spiro atoms. The van der Waals surface area contributed by atoms with Crippen molar-refractivity contribution in [3.05, 3.63) is 53.6 Å². The van der Waals surface area contributed by atoms with Gasteiger partial charge in [0.25, 0.3) is 0 Å². The summed E-state index contributed by atoms with van der Waals surface area (Å²) >= 11 is 0. The fourth-order valence-electron chi connectivity index (χ4n) is 2.16. The fourth-order valence-corrected chi connectivity index (χ4v) is 2.16. The van der Waals surface area contributed by atoms with Gasteiger partial charge < -0.3 is 18.9 Å². The first-order chi connectivity index (χ1) is 12.5. The Balaban J connectivity index is 1.99. The minimum Gasteiger partial charge on any atom is -0.497 e. The van der Waals surface area contributed by atoms with Crippen LogP contribution in [-0.4, -0.2) is 25.8 Å². The van der Waals surface area contributed by atoms with E-state index in [1.54, 1.807) is 50.4 Å². The molecule has 0 radical (unpaired) electrons. The van der Waals surface area contributed by atoms with Crippen LogP contribution < -0.4 is 14.2 Å². The number of ether oxygens (including phenoxy) is 4. The smallest absolute Gasteiger partial charge is 0.497 e. The van der Waals surface area contributed by atoms with E-state index in [9.17, 15) is 9.59 Å². The number of esters is 1. The topological polar surface area (TPSA) is 71.1 Å². The van der Waals surface area contributed by atoms with E-state index >= 15 is 0 Å². The van der Waals surface area contributed by atoms with Crippen LogP contribution in [-0.2, 0) is 4.74 Å². The molecule has 0 bridgehead atoms. The summed E-state index contributed by atoms with van der Waals surface area (Å²) in [5.41, 5.74) is 1.01. The molecule has 26 heavy (non-hydrogen) atoms. The first kappa shape index (κ1) is 19.3. The third-order valence-corrected chi connectivity index (χ3v) is 3.61. The Morgan fingerprint density at radius 1 is 0.923 bits per heavy atom. The zero-order valence-electron chi connectivity index (χ0n) is 15.1. The van der Waals surface area contributed by atoms with E-state index in [4.69, 9.17) is 18.9 Å². The molecule has 138 valence electrons. The lowest BCUT2D eigenvalue weighted by atomic mass is 10.1. The highest BCUT2D eigenvalue weighted by Crippen LogP contribution is 2.21. The average Bonchev–Trinajstić information content (AvgIpc) is 2.62. The summed E-state index contributed by atoms with van der Waals surface area (Å²) in [7, 11) is 1.56. The Bertz CT molecular complexity index is 751. The van der Waals surface area contributed by atoms with Gasteiger partial charge in [-0.1, -0.05) is 13.3 Å². The number of hydrogen-bond donors (Lipinski definition) is 0. The highest BCUT2D eigenvalue weighted by molar-refractivity contribution is 5.92. The molecule has 6 nitrogen and oxygen atoms in total. The van der Waals surface area contributed by atoms with Crippen molar-refractivity contribution in [2.75, 3.05) is 13.7 Å². The number of carbonyl (C=O) groups excluding carboxylic acids is 2. The largest absolute Gasteiger partial charge is 0.513 e. The van der Waals surface area contributed by atoms with E-state index in [0.29, 0.717) is 35.0 Å². The van der Waals surface area contributed by atoms with Crippen LogP contribution in [0.3, 0.4) is 0 Å². The van der Waals surface area contributed by atoms with Crippen molar-refractivity contribution in [1.82, 2.24) is 0 Å². The molecule has 0 unspecified atom stereocenters. The van der Waals surface area contributed by atoms with Crippen molar-refractivity contribution in [3.8, 4) is 17.2 Å². The number of benzene rings is 2. The molecule has 0 aromatic heterocycles. The van der Waals surface area contributed by atoms with E-state index in [1.807, 2.05) is 6.92 Å². The van der Waals surface area contributed by atoms with Crippen LogP contribution in [0.25, 0.3) is 0 Å². The van der Waals surface area contributed by atoms with Gasteiger partial charge in [-0.25, -0.2) is 9.59 Å². The number of methoxy groups -OCH3 is 1. The zero-order chi connectivity index (χ0) is 18.9. The number of carbonyl (C=O) groups is 2. The standard InChI is InChI=1S/C20H22O6/c1-4-5-12-24-20(22)26-17-10-11-18(14(2)13-17)19(21)25-16-8-6-15(23-3)7-9-16/h6-11,13H,4-5,12H2,1-3H3. The van der Waals surface area contributed by atoms with Gasteiger partial charge in [-0.2, -0.15) is 0 Å². The zero-order valence-corrected chi connectivity index (χ0v) is 15.1. The molecule has 0 saturated carbocycles. The van der Waals surface area contributed by atoms with Crippen LogP contribution >= 0.6 is 0 Å². The van der Waals surface area contributed by atoms with Crippen LogP contribution in [0.4, 0.5) is 4.79 Å². The van der Waals surface area contributed by atoms with Crippen LogP contribution in [0.2, 0.25) is 0 Å². The molecule has 6 heteroatoms. The van der Waals surface area contributed by atoms with E-state index in [2.05, 4.69) is 0 Å². The van der Waals surface area contributed by atoms with Gasteiger partial charge in [0.05, 0.1) is 19.3 Å². The third-order valence-electron chi connectivity index (χ3n) is 3.61. The fraction of sp³-hybridized carbons (Fsp3) is 0.300. The second-order valence-corrected chi connectivity index (χ2v) is 5.60. The summed E-state index contributed by atoms with van der Waals surface area (Å²) in [5.74, 6) is 0.901. The van der Waals surface area contributed by atoms with Gasteiger partial charge in [0.2, 0.25) is 0 Å². The second-order valence-electron chi connectivity index (χ2n) is 5.60. The molecule has 0 aliphatic carbocycles. The molecule has 0 N–H and O–H groups in total. The summed E-state index contributed by atoms with van der Waals surface area (Å²) in [6, 6.07) is 11.4. The van der Waals surface area contributed by atoms with Crippen molar-refractivity contribution in [3.63, 3.8) is 0 Å². The average molecular weight is 358 g/mol. The van der Waals surface area contributed by atoms with Crippen molar-refractivity contribution >= 4 is 12.1 Å². The van der Waals surface area contributed by atoms with E-state index < -0.39 is 12.1 Å². The molecule has 0 aliphatic rings. The molecule has 0 amide bonds. The normalized spacial score (nSPS) is 10.1. The van der Waals surface area contributed by atoms with Gasteiger partial charge in [0, 0.05) is 0 Å². The van der Waals surface area contributed by atoms with E-state index in [-0.39, 0.29) is 0 Å². The number of aryl methyl sites for hydroxylation is 1. The lowest BCUT2D eigenvalue weighted by molar-refractivity contribution is 0.0734. The Morgan fingerprint density at radius 2 is 1.58 bits per heavy atom. The number of hydrogen-bond acceptors (Lipinski definition) is 6. The molecule has 2 rings (SSSR count). The Morgan fingerprint density at radius 3 is 2.19 bits per heavy atom. The quantitative estimate of drug-likeness (QED) is 0.313. The maximum absolute atomic E-state index is 12.3. The summed E-state index contributed by atoms with van der Waals surface area (Å²) in [4.78, 5) is 23.9. The highest BCUT2D eigenvalue weighted by Gasteiger charge is 2.14. The van der Waals surface area contributed by atoms with Crippen molar-refractivity contribution in [2.24, 2.45) is 0 Å². The first-order valence-electron chi connectivity index (χ1n) is 8.35. The van der Waals surface area contributed by atoms with Gasteiger partial charge in [-0.15, -0.1) is 0 Å². The molecule has 2 aromatic rings. The number of unbranched alkanes of at least 4 members (excludes halogenated alkanes) is 1. The Hall–Kier alpha value is -3.02. The maximum atomic E-state index is 12.3. The molecule has 0 saturated heterocycles. The Kier molecular flexibility index (Phi) is 7.02. The summed E-state index contributed by atoms with van der Waals surface area (Å²) in [6.07, 6.45) is 0.952. The predicted octanol–water partition coefficient (Wildman–Crippen LogP) is 4.54. The van der Waals surface area contributed by atoms with Crippen LogP contribution in [0.5, 0.6) is 17.2 Å². The monoisotopic (exact) mass is 358 g/mol. The van der Waals surface area contributed by atoms with Gasteiger partial charge in [-0.3, -0.25) is 0 Å². The molecule has 0 fully saturated rings. The molecule has 0 heterocycles. The minimum absolute atomic E-state index is 0.310. The maximum Gasteiger partial charge on any atom is 0.513 e. The second kappa shape index (κ2) is 9.46. The van der Waals surface area contributed by atoms with E-state index in [1.165, 1.54) is 6.07 Å². The lowest BCUT2D eigenvalue weighted by Gasteiger charge is -2.10. The summed E-state index contributed by atoms with van der Waals surface area (Å²) < 4.78 is 20.4. The molecular formula is C20H22O6. The van der Waals surface area contributed by atoms with Crippen molar-refractivity contribution in [1.29, 1.82) is 0 Å². The van der Waals surface area contributed by atoms with Crippen LogP contribution in [0, 0.1) is 6.92 Å². The minimum atomic E-state index is -0.758. The molecular weight excluding hydrogens is 336 g/mol. The van der Waals surface area contributed by atoms with Gasteiger partial charge in [-0.05, 0) is 61.4 Å². The summed E-state index contributed by atoms with van der Waals surface area (Å²) in [6.45, 7) is 4.06. The molecule has 2 aromatic carbocycles. The predicted molar refractivity (Wildman–Crippen MR) is 96.0 cm³/mol. The number of rotatable bonds is 7. The van der Waals surface area contributed by atoms with Crippen molar-refractivity contribution < 1.29 is 28.5 Å². The lowest BCUT2D eigenvalue weighted by Crippen LogP contribution is -2.13. The van der Waals surface area contributed by atoms with Gasteiger partial charge >= 0.3 is 12.1 Å². The van der Waals surface area contributed by atoms with E-state index in [0.717, 1.165) is 12.8 Å². The van der Waals surface area contributed by atoms with Crippen LogP contribution in [0.15, 0.2) is 42.5 Å². The SMILES string of the molecule is CCCCOC(=O)Oc1ccc(C(=O)Oc2ccc(OC)cc2)c(C)c1. The van der Waals surface area contributed by atoms with Gasteiger partial charge in [0.15, 0.2) is 0 Å². The first-order valence-corrected chi connectivity index (χ1v) is 8.35. The third kappa shape index (κ3) is 5.51. The Labute approximate surface area is 152 Å². The summed E-state index contributed by atoms with van der Waals surface area (Å²) in [5, 5.41) is 0. The van der Waals surface area contributed by atoms with Crippen molar-refractivity contribution in [2.45, 2.75) is 26.7 Å². The highest BCUT2D eigenvalue weighted by atomic mass is 16.7. The molecule has 0 atom stereocenters. The van der Waals surface area contributed by atoms with Crippen LogP contribution in [0.1, 0.15) is 35.7 Å². The van der Waals surface area contributed by atoms with Gasteiger partial charge in [0.1, 0.15) is 17.2 Å². The molecule has 0 aliphatic heterocycles.